The van der Waals surface area contributed by atoms with E-state index in [4.69, 9.17) is 4.74 Å². The minimum atomic E-state index is -1.15. The van der Waals surface area contributed by atoms with E-state index in [0.29, 0.717) is 5.69 Å². The highest BCUT2D eigenvalue weighted by Gasteiger charge is 2.72. The van der Waals surface area contributed by atoms with Crippen LogP contribution in [0.4, 0.5) is 5.69 Å². The highest BCUT2D eigenvalue weighted by atomic mass is 16.5. The predicted molar refractivity (Wildman–Crippen MR) is 144 cm³/mol. The number of nitrogens with zero attached hydrogens (tertiary/aromatic N) is 1. The number of anilines is 1. The number of carbonyl (C=O) groups is 3. The molecule has 7 nitrogen and oxygen atoms in total. The number of hydrogen-bond acceptors (Lipinski definition) is 4. The van der Waals surface area contributed by atoms with Gasteiger partial charge in [0.2, 0.25) is 17.7 Å². The van der Waals surface area contributed by atoms with Gasteiger partial charge in [0.25, 0.3) is 0 Å². The predicted octanol–water partition coefficient (Wildman–Crippen LogP) is 4.04. The van der Waals surface area contributed by atoms with Gasteiger partial charge in [-0.3, -0.25) is 14.4 Å². The molecule has 7 heteroatoms. The second-order valence-corrected chi connectivity index (χ2v) is 11.4. The van der Waals surface area contributed by atoms with Crippen LogP contribution in [0, 0.1) is 25.7 Å². The number of benzene rings is 2. The first-order valence-electron chi connectivity index (χ1n) is 13.8. The van der Waals surface area contributed by atoms with Gasteiger partial charge >= 0.3 is 0 Å². The fourth-order valence-electron chi connectivity index (χ4n) is 6.72. The van der Waals surface area contributed by atoms with Gasteiger partial charge in [0, 0.05) is 18.3 Å². The first-order chi connectivity index (χ1) is 18.4. The number of nitrogens with one attached hydrogen (secondary N) is 2. The lowest BCUT2D eigenvalue weighted by Gasteiger charge is -2.34. The number of fused-ring (bicyclic) bond motifs is 1. The molecule has 38 heavy (non-hydrogen) atoms. The molecule has 198 valence electrons. The molecular formula is C31H35N3O4. The molecule has 0 radical (unpaired) electrons. The summed E-state index contributed by atoms with van der Waals surface area (Å²) in [5.74, 6) is -2.11. The molecular weight excluding hydrogens is 478 g/mol. The second kappa shape index (κ2) is 9.70. The van der Waals surface area contributed by atoms with Crippen LogP contribution in [0.2, 0.25) is 0 Å². The Morgan fingerprint density at radius 2 is 1.61 bits per heavy atom. The molecule has 2 aromatic rings. The summed E-state index contributed by atoms with van der Waals surface area (Å²) in [5, 5.41) is 6.22. The third kappa shape index (κ3) is 4.23. The molecule has 3 aliphatic heterocycles. The van der Waals surface area contributed by atoms with Crippen LogP contribution in [0.25, 0.3) is 0 Å². The van der Waals surface area contributed by atoms with Gasteiger partial charge < -0.3 is 20.3 Å². The van der Waals surface area contributed by atoms with Gasteiger partial charge in [0.15, 0.2) is 0 Å². The average Bonchev–Trinajstić information content (AvgIpc) is 3.55. The van der Waals surface area contributed by atoms with E-state index in [1.807, 2.05) is 74.5 Å². The largest absolute Gasteiger partial charge is 0.359 e. The molecule has 3 amide bonds. The van der Waals surface area contributed by atoms with Gasteiger partial charge in [-0.25, -0.2) is 0 Å². The zero-order chi connectivity index (χ0) is 26.4. The molecule has 2 bridgehead atoms. The van der Waals surface area contributed by atoms with Crippen molar-refractivity contribution in [1.82, 2.24) is 10.2 Å². The zero-order valence-corrected chi connectivity index (χ0v) is 22.0. The summed E-state index contributed by atoms with van der Waals surface area (Å²) in [5.41, 5.74) is 2.68. The van der Waals surface area contributed by atoms with E-state index >= 15 is 0 Å². The maximum absolute atomic E-state index is 14.1. The number of carbonyl (C=O) groups excluding carboxylic acids is 3. The summed E-state index contributed by atoms with van der Waals surface area (Å²) in [7, 11) is 0. The Morgan fingerprint density at radius 3 is 2.29 bits per heavy atom. The Balaban J connectivity index is 1.32. The minimum Gasteiger partial charge on any atom is -0.359 e. The summed E-state index contributed by atoms with van der Waals surface area (Å²) < 4.78 is 6.46. The van der Waals surface area contributed by atoms with E-state index in [9.17, 15) is 14.4 Å². The number of amides is 3. The maximum Gasteiger partial charge on any atom is 0.246 e. The first-order valence-corrected chi connectivity index (χ1v) is 13.8. The van der Waals surface area contributed by atoms with Crippen molar-refractivity contribution in [3.63, 3.8) is 0 Å². The average molecular weight is 514 g/mol. The molecule has 3 heterocycles. The summed E-state index contributed by atoms with van der Waals surface area (Å²) in [6.45, 7) is 4.29. The van der Waals surface area contributed by atoms with Crippen molar-refractivity contribution in [1.29, 1.82) is 0 Å². The number of rotatable bonds is 6. The van der Waals surface area contributed by atoms with Crippen LogP contribution in [-0.4, -0.2) is 46.4 Å². The van der Waals surface area contributed by atoms with E-state index in [1.54, 1.807) is 4.90 Å². The van der Waals surface area contributed by atoms with Gasteiger partial charge in [0.05, 0.1) is 17.9 Å². The van der Waals surface area contributed by atoms with Crippen molar-refractivity contribution in [3.05, 3.63) is 77.4 Å². The van der Waals surface area contributed by atoms with Gasteiger partial charge in [-0.2, -0.15) is 0 Å². The van der Waals surface area contributed by atoms with E-state index in [-0.39, 0.29) is 30.3 Å². The summed E-state index contributed by atoms with van der Waals surface area (Å²) in [6.07, 6.45) is 8.45. The Morgan fingerprint density at radius 1 is 0.947 bits per heavy atom. The fraction of sp³-hybridized carbons (Fsp3) is 0.452. The van der Waals surface area contributed by atoms with Crippen LogP contribution in [0.1, 0.15) is 48.8 Å². The first kappa shape index (κ1) is 24.9. The molecule has 0 unspecified atom stereocenters. The van der Waals surface area contributed by atoms with E-state index in [1.165, 1.54) is 6.42 Å². The van der Waals surface area contributed by atoms with Gasteiger partial charge in [-0.05, 0) is 44.4 Å². The number of ether oxygens (including phenoxy) is 1. The SMILES string of the molecule is Cc1ccc(CN2C(=O)[C@H]3[C@H](C(=O)Nc4ccc(C)cc4)[C@H]4C=C[C@@]3(O4)[C@H]2C(=O)NC2CCCCC2)cc1. The Hall–Kier alpha value is -3.45. The molecule has 2 N–H and O–H groups in total. The molecule has 6 rings (SSSR count). The lowest BCUT2D eigenvalue weighted by Crippen LogP contribution is -2.56. The Kier molecular flexibility index (Phi) is 6.34. The van der Waals surface area contributed by atoms with Gasteiger partial charge in [-0.1, -0.05) is 78.9 Å². The van der Waals surface area contributed by atoms with Crippen LogP contribution in [-0.2, 0) is 25.7 Å². The zero-order valence-electron chi connectivity index (χ0n) is 22.0. The Bertz CT molecular complexity index is 1270. The third-order valence-corrected chi connectivity index (χ3v) is 8.67. The highest BCUT2D eigenvalue weighted by molar-refractivity contribution is 6.02. The molecule has 3 fully saturated rings. The van der Waals surface area contributed by atoms with Crippen molar-refractivity contribution in [3.8, 4) is 0 Å². The lowest BCUT2D eigenvalue weighted by molar-refractivity contribution is -0.142. The Labute approximate surface area is 223 Å². The third-order valence-electron chi connectivity index (χ3n) is 8.67. The smallest absolute Gasteiger partial charge is 0.246 e. The molecule has 1 aliphatic carbocycles. The highest BCUT2D eigenvalue weighted by Crippen LogP contribution is 2.55. The summed E-state index contributed by atoms with van der Waals surface area (Å²) >= 11 is 0. The number of likely N-dealkylation sites (tertiary alicyclic amines) is 1. The van der Waals surface area contributed by atoms with Crippen LogP contribution in [0.15, 0.2) is 60.7 Å². The number of aryl methyl sites for hydroxylation is 2. The molecule has 5 atom stereocenters. The van der Waals surface area contributed by atoms with Crippen LogP contribution in [0.3, 0.4) is 0 Å². The molecule has 2 saturated heterocycles. The molecule has 2 aromatic carbocycles. The van der Waals surface area contributed by atoms with Crippen LogP contribution < -0.4 is 10.6 Å². The second-order valence-electron chi connectivity index (χ2n) is 11.4. The summed E-state index contributed by atoms with van der Waals surface area (Å²) in [4.78, 5) is 43.3. The van der Waals surface area contributed by atoms with Gasteiger partial charge in [0.1, 0.15) is 11.6 Å². The maximum atomic E-state index is 14.1. The van der Waals surface area contributed by atoms with Crippen molar-refractivity contribution in [2.75, 3.05) is 5.32 Å². The quantitative estimate of drug-likeness (QED) is 0.571. The topological polar surface area (TPSA) is 87.7 Å². The monoisotopic (exact) mass is 513 g/mol. The van der Waals surface area contributed by atoms with Crippen molar-refractivity contribution in [2.24, 2.45) is 11.8 Å². The standard InChI is InChI=1S/C31H35N3O4/c1-19-8-12-21(13-9-19)18-34-27(29(36)33-22-6-4-3-5-7-22)31-17-16-24(38-31)25(26(31)30(34)37)28(35)32-23-14-10-20(2)11-15-23/h8-17,22,24-27H,3-7,18H2,1-2H3,(H,32,35)(H,33,36)/t24-,25-,26-,27-,31+/m1/s1. The number of hydrogen-bond donors (Lipinski definition) is 2. The van der Waals surface area contributed by atoms with Crippen molar-refractivity contribution in [2.45, 2.75) is 76.3 Å². The van der Waals surface area contributed by atoms with E-state index in [2.05, 4.69) is 10.6 Å². The molecule has 1 saturated carbocycles. The van der Waals surface area contributed by atoms with Crippen molar-refractivity contribution < 1.29 is 19.1 Å². The fourth-order valence-corrected chi connectivity index (χ4v) is 6.72. The molecule has 0 aromatic heterocycles. The lowest BCUT2D eigenvalue weighted by atomic mass is 9.74. The summed E-state index contributed by atoms with van der Waals surface area (Å²) in [6, 6.07) is 14.8. The van der Waals surface area contributed by atoms with Crippen molar-refractivity contribution >= 4 is 23.4 Å². The normalized spacial score (nSPS) is 29.9. The molecule has 1 spiro atoms. The van der Waals surface area contributed by atoms with Gasteiger partial charge in [-0.15, -0.1) is 0 Å². The van der Waals surface area contributed by atoms with Crippen LogP contribution in [0.5, 0.6) is 0 Å². The minimum absolute atomic E-state index is 0.103. The van der Waals surface area contributed by atoms with E-state index in [0.717, 1.165) is 42.4 Å². The molecule has 4 aliphatic rings. The van der Waals surface area contributed by atoms with E-state index < -0.39 is 29.6 Å². The van der Waals surface area contributed by atoms with Crippen LogP contribution >= 0.6 is 0 Å².